The van der Waals surface area contributed by atoms with Crippen molar-refractivity contribution >= 4 is 29.0 Å². The quantitative estimate of drug-likeness (QED) is 0.260. The number of amides is 2. The Hall–Kier alpha value is -5.63. The van der Waals surface area contributed by atoms with Gasteiger partial charge in [-0.2, -0.15) is 23.5 Å². The second-order valence-corrected chi connectivity index (χ2v) is 11.7. The molecule has 0 radical (unpaired) electrons. The summed E-state index contributed by atoms with van der Waals surface area (Å²) in [6, 6.07) is 11.5. The number of halogens is 3. The number of piperazine rings is 1. The third-order valence-electron chi connectivity index (χ3n) is 7.55. The number of fused-ring (bicyclic) bond motifs is 3. The van der Waals surface area contributed by atoms with Crippen LogP contribution in [0.15, 0.2) is 55.1 Å². The van der Waals surface area contributed by atoms with E-state index in [0.717, 1.165) is 23.4 Å². The van der Waals surface area contributed by atoms with Gasteiger partial charge in [0.1, 0.15) is 24.2 Å². The number of alkyl halides is 3. The van der Waals surface area contributed by atoms with E-state index >= 15 is 0 Å². The van der Waals surface area contributed by atoms with Gasteiger partial charge in [0.15, 0.2) is 0 Å². The zero-order valence-corrected chi connectivity index (χ0v) is 26.0. The molecule has 4 aromatic heterocycles. The van der Waals surface area contributed by atoms with Crippen LogP contribution in [-0.4, -0.2) is 97.4 Å². The van der Waals surface area contributed by atoms with Crippen molar-refractivity contribution in [2.45, 2.75) is 44.1 Å². The normalized spacial score (nSPS) is 17.0. The third kappa shape index (κ3) is 7.50. The summed E-state index contributed by atoms with van der Waals surface area (Å²) in [7, 11) is 1.55. The molecule has 7 heterocycles. The summed E-state index contributed by atoms with van der Waals surface area (Å²) < 4.78 is 44.3. The Bertz CT molecular complexity index is 1820. The van der Waals surface area contributed by atoms with E-state index < -0.39 is 17.7 Å². The molecule has 0 spiro atoms. The standard InChI is InChI=1S/C29H30N8O4.C2HF3O2/c1-29(2,39)17-41-23-9-24(27-19(10-30)12-33-36(27)16-23)18-4-6-25(31-11-18)35-14-21-8-22(15-35)37(21)28(38)34-20-5-7-26(40-3)32-13-20;3-2(4,5)1(6)7/h4-7,9,11-13,16,21-22,39H,8,14-15,17H2,1-3H3,(H,34,38);(H,6,7). The van der Waals surface area contributed by atoms with Crippen LogP contribution in [-0.2, 0) is 4.79 Å². The Kier molecular flexibility index (Phi) is 9.30. The molecule has 252 valence electrons. The molecule has 3 fully saturated rings. The number of hydrogen-bond donors (Lipinski definition) is 3. The molecule has 17 heteroatoms. The van der Waals surface area contributed by atoms with Crippen molar-refractivity contribution in [3.63, 3.8) is 0 Å². The lowest BCUT2D eigenvalue weighted by molar-refractivity contribution is -0.192. The lowest BCUT2D eigenvalue weighted by Crippen LogP contribution is -2.71. The molecule has 48 heavy (non-hydrogen) atoms. The molecule has 0 aliphatic carbocycles. The van der Waals surface area contributed by atoms with Gasteiger partial charge in [-0.05, 0) is 44.5 Å². The van der Waals surface area contributed by atoms with Gasteiger partial charge in [-0.3, -0.25) is 0 Å². The number of aliphatic hydroxyl groups is 1. The molecule has 3 N–H and O–H groups in total. The molecule has 2 unspecified atom stereocenters. The van der Waals surface area contributed by atoms with Gasteiger partial charge in [0, 0.05) is 36.5 Å². The van der Waals surface area contributed by atoms with Crippen molar-refractivity contribution in [1.82, 2.24) is 24.5 Å². The highest BCUT2D eigenvalue weighted by Gasteiger charge is 2.47. The predicted molar refractivity (Wildman–Crippen MR) is 165 cm³/mol. The number of anilines is 2. The summed E-state index contributed by atoms with van der Waals surface area (Å²) in [5.74, 6) is -0.925. The smallest absolute Gasteiger partial charge is 0.489 e. The van der Waals surface area contributed by atoms with Crippen LogP contribution in [0.5, 0.6) is 11.6 Å². The summed E-state index contributed by atoms with van der Waals surface area (Å²) in [6.45, 7) is 4.81. The van der Waals surface area contributed by atoms with Gasteiger partial charge < -0.3 is 34.8 Å². The minimum Gasteiger partial charge on any atom is -0.489 e. The number of nitrogens with one attached hydrogen (secondary N) is 1. The zero-order valence-electron chi connectivity index (χ0n) is 26.0. The van der Waals surface area contributed by atoms with Gasteiger partial charge in [-0.1, -0.05) is 0 Å². The number of nitrogens with zero attached hydrogens (tertiary/aromatic N) is 7. The fraction of sp³-hybridized carbons (Fsp3) is 0.355. The number of piperidine rings is 1. The Morgan fingerprint density at radius 2 is 1.81 bits per heavy atom. The van der Waals surface area contributed by atoms with Crippen LogP contribution in [0, 0.1) is 11.3 Å². The van der Waals surface area contributed by atoms with Crippen LogP contribution in [0.1, 0.15) is 25.8 Å². The van der Waals surface area contributed by atoms with Crippen molar-refractivity contribution in [3.8, 4) is 28.8 Å². The first-order chi connectivity index (χ1) is 22.7. The van der Waals surface area contributed by atoms with E-state index in [4.69, 9.17) is 24.4 Å². The molecule has 4 aromatic rings. The molecule has 0 aromatic carbocycles. The summed E-state index contributed by atoms with van der Waals surface area (Å²) in [4.78, 5) is 34.8. The Labute approximate surface area is 271 Å². The molecule has 3 aliphatic heterocycles. The van der Waals surface area contributed by atoms with Gasteiger partial charge in [-0.25, -0.2) is 24.1 Å². The van der Waals surface area contributed by atoms with Gasteiger partial charge >= 0.3 is 18.2 Å². The monoisotopic (exact) mass is 668 g/mol. The minimum absolute atomic E-state index is 0.0932. The van der Waals surface area contributed by atoms with Crippen molar-refractivity contribution in [3.05, 3.63) is 60.7 Å². The van der Waals surface area contributed by atoms with E-state index in [2.05, 4.69) is 26.4 Å². The first kappa shape index (κ1) is 33.7. The average Bonchev–Trinajstić information content (AvgIpc) is 3.46. The van der Waals surface area contributed by atoms with Crippen molar-refractivity contribution in [2.75, 3.05) is 37.0 Å². The van der Waals surface area contributed by atoms with Gasteiger partial charge in [0.25, 0.3) is 0 Å². The van der Waals surface area contributed by atoms with E-state index in [1.54, 1.807) is 56.2 Å². The van der Waals surface area contributed by atoms with Crippen LogP contribution in [0.25, 0.3) is 16.6 Å². The number of aliphatic carboxylic acids is 1. The van der Waals surface area contributed by atoms with Crippen molar-refractivity contribution in [2.24, 2.45) is 0 Å². The van der Waals surface area contributed by atoms with Crippen LogP contribution in [0.3, 0.4) is 0 Å². The topological polar surface area (TPSA) is 178 Å². The number of methoxy groups -OCH3 is 1. The van der Waals surface area contributed by atoms with Gasteiger partial charge in [0.05, 0.1) is 60.2 Å². The van der Waals surface area contributed by atoms with E-state index in [0.29, 0.717) is 41.5 Å². The number of ether oxygens (including phenoxy) is 2. The molecule has 14 nitrogen and oxygen atoms in total. The number of aromatic nitrogens is 4. The molecule has 7 rings (SSSR count). The summed E-state index contributed by atoms with van der Waals surface area (Å²) >= 11 is 0. The SMILES string of the molecule is COc1ccc(NC(=O)N2C3CC2CN(c2ccc(-c4cc(OCC(C)(C)O)cn5ncc(C#N)c45)cn2)C3)cn1.O=C(O)C(F)(F)F. The largest absolute Gasteiger partial charge is 0.490 e. The number of carbonyl (C=O) groups excluding carboxylic acids is 1. The van der Waals surface area contributed by atoms with E-state index in [1.807, 2.05) is 23.1 Å². The molecule has 0 saturated carbocycles. The van der Waals surface area contributed by atoms with Crippen LogP contribution in [0.4, 0.5) is 29.5 Å². The van der Waals surface area contributed by atoms with Crippen LogP contribution in [0.2, 0.25) is 0 Å². The molecular weight excluding hydrogens is 637 g/mol. The Balaban J connectivity index is 0.000000582. The van der Waals surface area contributed by atoms with Crippen molar-refractivity contribution < 1.29 is 42.4 Å². The summed E-state index contributed by atoms with van der Waals surface area (Å²) in [5.41, 5.74) is 2.28. The lowest BCUT2D eigenvalue weighted by atomic mass is 9.88. The fourth-order valence-electron chi connectivity index (χ4n) is 5.36. The maximum atomic E-state index is 12.9. The lowest BCUT2D eigenvalue weighted by Gasteiger charge is -2.56. The highest BCUT2D eigenvalue weighted by Crippen LogP contribution is 2.36. The molecule has 3 saturated heterocycles. The first-order valence-corrected chi connectivity index (χ1v) is 14.5. The average molecular weight is 669 g/mol. The van der Waals surface area contributed by atoms with Crippen LogP contribution < -0.4 is 19.7 Å². The zero-order chi connectivity index (χ0) is 34.8. The number of nitriles is 1. The number of carboxylic acids is 1. The van der Waals surface area contributed by atoms with Crippen molar-refractivity contribution in [1.29, 1.82) is 5.26 Å². The highest BCUT2D eigenvalue weighted by atomic mass is 19.4. The Morgan fingerprint density at radius 1 is 1.10 bits per heavy atom. The van der Waals surface area contributed by atoms with E-state index in [-0.39, 0.29) is 24.7 Å². The molecule has 2 atom stereocenters. The number of rotatable bonds is 7. The van der Waals surface area contributed by atoms with E-state index in [1.165, 1.54) is 6.20 Å². The predicted octanol–water partition coefficient (Wildman–Crippen LogP) is 3.95. The maximum absolute atomic E-state index is 12.9. The van der Waals surface area contributed by atoms with Gasteiger partial charge in [0.2, 0.25) is 5.88 Å². The molecule has 2 bridgehead atoms. The number of carboxylic acid groups (broad SMARTS) is 1. The maximum Gasteiger partial charge on any atom is 0.490 e. The number of pyridine rings is 3. The summed E-state index contributed by atoms with van der Waals surface area (Å²) in [5, 5.41) is 34.1. The molecular formula is C31H31F3N8O6. The molecule has 2 amide bonds. The minimum atomic E-state index is -5.08. The second-order valence-electron chi connectivity index (χ2n) is 11.7. The number of hydrogen-bond acceptors (Lipinski definition) is 10. The van der Waals surface area contributed by atoms with E-state index in [9.17, 15) is 28.3 Å². The summed E-state index contributed by atoms with van der Waals surface area (Å²) in [6.07, 6.45) is 2.45. The third-order valence-corrected chi connectivity index (χ3v) is 7.55. The number of urea groups is 1. The van der Waals surface area contributed by atoms with Crippen LogP contribution >= 0.6 is 0 Å². The second kappa shape index (κ2) is 13.2. The van der Waals surface area contributed by atoms with Gasteiger partial charge in [-0.15, -0.1) is 0 Å². The Morgan fingerprint density at radius 3 is 2.35 bits per heavy atom. The number of carbonyl (C=O) groups is 2. The highest BCUT2D eigenvalue weighted by molar-refractivity contribution is 5.90. The first-order valence-electron chi connectivity index (χ1n) is 14.5. The molecule has 3 aliphatic rings. The fourth-order valence-corrected chi connectivity index (χ4v) is 5.36.